The second kappa shape index (κ2) is 5.54. The summed E-state index contributed by atoms with van der Waals surface area (Å²) < 4.78 is 0. The van der Waals surface area contributed by atoms with Gasteiger partial charge in [0.25, 0.3) is 0 Å². The quantitative estimate of drug-likeness (QED) is 0.738. The number of phenols is 1. The van der Waals surface area contributed by atoms with Gasteiger partial charge >= 0.3 is 0 Å². The van der Waals surface area contributed by atoms with Gasteiger partial charge in [-0.05, 0) is 24.1 Å². The zero-order chi connectivity index (χ0) is 13.8. The zero-order valence-electron chi connectivity index (χ0n) is 10.6. The maximum absolute atomic E-state index is 12.0. The maximum atomic E-state index is 12.0. The molecule has 1 atom stereocenters. The van der Waals surface area contributed by atoms with E-state index < -0.39 is 6.04 Å². The predicted octanol–water partition coefficient (Wildman–Crippen LogP) is 2.34. The number of hydrogen-bond donors (Lipinski definition) is 3. The van der Waals surface area contributed by atoms with Gasteiger partial charge in [-0.2, -0.15) is 0 Å². The van der Waals surface area contributed by atoms with Crippen molar-refractivity contribution in [3.63, 3.8) is 0 Å². The number of anilines is 1. The largest absolute Gasteiger partial charge is 0.505 e. The first-order valence-electron chi connectivity index (χ1n) is 5.99. The molecule has 1 amide bonds. The van der Waals surface area contributed by atoms with Crippen LogP contribution in [0.4, 0.5) is 5.69 Å². The van der Waals surface area contributed by atoms with Crippen molar-refractivity contribution in [3.05, 3.63) is 59.7 Å². The Morgan fingerprint density at radius 3 is 2.53 bits per heavy atom. The van der Waals surface area contributed by atoms with E-state index in [-0.39, 0.29) is 11.7 Å². The van der Waals surface area contributed by atoms with Crippen molar-refractivity contribution in [2.45, 2.75) is 13.0 Å². The number of aryl methyl sites for hydroxylation is 1. The highest BCUT2D eigenvalue weighted by molar-refractivity contribution is 5.96. The van der Waals surface area contributed by atoms with Gasteiger partial charge in [0.05, 0.1) is 5.69 Å². The molecule has 0 radical (unpaired) electrons. The Morgan fingerprint density at radius 1 is 1.16 bits per heavy atom. The SMILES string of the molecule is Cc1cccc(NC(=O)C(N)c2ccccc2)c1O. The molecule has 0 aromatic heterocycles. The molecule has 0 heterocycles. The fourth-order valence-electron chi connectivity index (χ4n) is 1.78. The summed E-state index contributed by atoms with van der Waals surface area (Å²) in [5.41, 5.74) is 7.68. The highest BCUT2D eigenvalue weighted by Gasteiger charge is 2.17. The Labute approximate surface area is 111 Å². The van der Waals surface area contributed by atoms with Gasteiger partial charge in [0.15, 0.2) is 0 Å². The zero-order valence-corrected chi connectivity index (χ0v) is 10.6. The Hall–Kier alpha value is -2.33. The second-order valence-electron chi connectivity index (χ2n) is 4.35. The highest BCUT2D eigenvalue weighted by atomic mass is 16.3. The van der Waals surface area contributed by atoms with Crippen molar-refractivity contribution in [1.29, 1.82) is 0 Å². The van der Waals surface area contributed by atoms with E-state index in [0.717, 1.165) is 5.56 Å². The van der Waals surface area contributed by atoms with Crippen LogP contribution in [0.3, 0.4) is 0 Å². The monoisotopic (exact) mass is 256 g/mol. The van der Waals surface area contributed by atoms with Crippen LogP contribution >= 0.6 is 0 Å². The molecule has 0 aliphatic rings. The number of carbonyl (C=O) groups is 1. The van der Waals surface area contributed by atoms with E-state index in [1.807, 2.05) is 18.2 Å². The number of hydrogen-bond acceptors (Lipinski definition) is 3. The summed E-state index contributed by atoms with van der Waals surface area (Å²) in [6.45, 7) is 1.77. The summed E-state index contributed by atoms with van der Waals surface area (Å²) in [6.07, 6.45) is 0. The highest BCUT2D eigenvalue weighted by Crippen LogP contribution is 2.27. The Bertz CT molecular complexity index is 582. The summed E-state index contributed by atoms with van der Waals surface area (Å²) in [4.78, 5) is 12.0. The molecule has 2 aromatic carbocycles. The minimum absolute atomic E-state index is 0.0658. The lowest BCUT2D eigenvalue weighted by Crippen LogP contribution is -2.27. The van der Waals surface area contributed by atoms with Gasteiger partial charge in [0.1, 0.15) is 11.8 Å². The van der Waals surface area contributed by atoms with Crippen molar-refractivity contribution >= 4 is 11.6 Å². The number of rotatable bonds is 3. The second-order valence-corrected chi connectivity index (χ2v) is 4.35. The molecule has 0 aliphatic heterocycles. The Kier molecular flexibility index (Phi) is 3.82. The van der Waals surface area contributed by atoms with Crippen molar-refractivity contribution in [2.75, 3.05) is 5.32 Å². The lowest BCUT2D eigenvalue weighted by atomic mass is 10.1. The van der Waals surface area contributed by atoms with E-state index in [1.54, 1.807) is 37.3 Å². The van der Waals surface area contributed by atoms with Crippen molar-refractivity contribution < 1.29 is 9.90 Å². The summed E-state index contributed by atoms with van der Waals surface area (Å²) in [7, 11) is 0. The molecular weight excluding hydrogens is 240 g/mol. The first-order valence-corrected chi connectivity index (χ1v) is 5.99. The Morgan fingerprint density at radius 2 is 1.84 bits per heavy atom. The predicted molar refractivity (Wildman–Crippen MR) is 74.8 cm³/mol. The smallest absolute Gasteiger partial charge is 0.245 e. The molecule has 0 fully saturated rings. The first-order chi connectivity index (χ1) is 9.09. The normalized spacial score (nSPS) is 11.9. The van der Waals surface area contributed by atoms with Crippen molar-refractivity contribution in [2.24, 2.45) is 5.73 Å². The minimum Gasteiger partial charge on any atom is -0.505 e. The summed E-state index contributed by atoms with van der Waals surface area (Å²) in [6, 6.07) is 13.5. The van der Waals surface area contributed by atoms with E-state index in [1.165, 1.54) is 0 Å². The molecule has 4 nitrogen and oxygen atoms in total. The number of carbonyl (C=O) groups excluding carboxylic acids is 1. The molecule has 0 aliphatic carbocycles. The fraction of sp³-hybridized carbons (Fsp3) is 0.133. The number of nitrogens with one attached hydrogen (secondary N) is 1. The van der Waals surface area contributed by atoms with E-state index in [0.29, 0.717) is 11.3 Å². The van der Waals surface area contributed by atoms with E-state index in [9.17, 15) is 9.90 Å². The standard InChI is InChI=1S/C15H16N2O2/c1-10-6-5-9-12(14(10)18)17-15(19)13(16)11-7-3-2-4-8-11/h2-9,13,18H,16H2,1H3,(H,17,19). The summed E-state index contributed by atoms with van der Waals surface area (Å²) in [5, 5.41) is 12.5. The minimum atomic E-state index is -0.763. The fourth-order valence-corrected chi connectivity index (χ4v) is 1.78. The molecule has 0 spiro atoms. The van der Waals surface area contributed by atoms with Crippen LogP contribution in [-0.4, -0.2) is 11.0 Å². The van der Waals surface area contributed by atoms with Crippen LogP contribution in [0, 0.1) is 6.92 Å². The van der Waals surface area contributed by atoms with Crippen LogP contribution in [0.5, 0.6) is 5.75 Å². The maximum Gasteiger partial charge on any atom is 0.245 e. The lowest BCUT2D eigenvalue weighted by molar-refractivity contribution is -0.117. The van der Waals surface area contributed by atoms with Gasteiger partial charge < -0.3 is 16.2 Å². The van der Waals surface area contributed by atoms with Gasteiger partial charge in [0.2, 0.25) is 5.91 Å². The van der Waals surface area contributed by atoms with E-state index >= 15 is 0 Å². The van der Waals surface area contributed by atoms with Crippen LogP contribution < -0.4 is 11.1 Å². The average Bonchev–Trinajstić information content (AvgIpc) is 2.44. The number of benzene rings is 2. The summed E-state index contributed by atoms with van der Waals surface area (Å²) in [5.74, 6) is -0.289. The van der Waals surface area contributed by atoms with Gasteiger partial charge in [-0.1, -0.05) is 42.5 Å². The molecule has 0 bridgehead atoms. The lowest BCUT2D eigenvalue weighted by Gasteiger charge is -2.14. The molecule has 2 rings (SSSR count). The molecular formula is C15H16N2O2. The van der Waals surface area contributed by atoms with Crippen LogP contribution in [0.25, 0.3) is 0 Å². The molecule has 98 valence electrons. The van der Waals surface area contributed by atoms with Gasteiger partial charge in [-0.3, -0.25) is 4.79 Å². The molecule has 4 N–H and O–H groups in total. The average molecular weight is 256 g/mol. The van der Waals surface area contributed by atoms with Crippen LogP contribution in [-0.2, 0) is 4.79 Å². The van der Waals surface area contributed by atoms with E-state index in [2.05, 4.69) is 5.32 Å². The number of phenolic OH excluding ortho intramolecular Hbond substituents is 1. The molecule has 0 saturated carbocycles. The third-order valence-corrected chi connectivity index (χ3v) is 2.94. The van der Waals surface area contributed by atoms with Crippen molar-refractivity contribution in [3.8, 4) is 5.75 Å². The third kappa shape index (κ3) is 2.92. The number of amides is 1. The number of nitrogens with two attached hydrogens (primary N) is 1. The van der Waals surface area contributed by atoms with Crippen LogP contribution in [0.1, 0.15) is 17.2 Å². The van der Waals surface area contributed by atoms with Crippen LogP contribution in [0.15, 0.2) is 48.5 Å². The molecule has 19 heavy (non-hydrogen) atoms. The molecule has 2 aromatic rings. The summed E-state index contributed by atoms with van der Waals surface area (Å²) >= 11 is 0. The molecule has 0 saturated heterocycles. The molecule has 1 unspecified atom stereocenters. The van der Waals surface area contributed by atoms with Crippen molar-refractivity contribution in [1.82, 2.24) is 0 Å². The Balaban J connectivity index is 2.15. The topological polar surface area (TPSA) is 75.4 Å². The third-order valence-electron chi connectivity index (χ3n) is 2.94. The molecule has 4 heteroatoms. The number of aromatic hydroxyl groups is 1. The van der Waals surface area contributed by atoms with Gasteiger partial charge in [-0.15, -0.1) is 0 Å². The van der Waals surface area contributed by atoms with E-state index in [4.69, 9.17) is 5.73 Å². The first kappa shape index (κ1) is 13.1. The van der Waals surface area contributed by atoms with Crippen LogP contribution in [0.2, 0.25) is 0 Å². The number of para-hydroxylation sites is 1. The van der Waals surface area contributed by atoms with Gasteiger partial charge in [-0.25, -0.2) is 0 Å². The van der Waals surface area contributed by atoms with Gasteiger partial charge in [0, 0.05) is 0 Å².